The number of benzene rings is 1. The molecule has 0 aliphatic carbocycles. The lowest BCUT2D eigenvalue weighted by atomic mass is 10.0. The summed E-state index contributed by atoms with van der Waals surface area (Å²) in [6, 6.07) is 2.53. The van der Waals surface area contributed by atoms with E-state index in [0.717, 1.165) is 0 Å². The van der Waals surface area contributed by atoms with E-state index in [1.54, 1.807) is 0 Å². The van der Waals surface area contributed by atoms with Gasteiger partial charge in [0.25, 0.3) is 5.92 Å². The largest absolute Gasteiger partial charge is 0.323 e. The third-order valence-electron chi connectivity index (χ3n) is 1.86. The van der Waals surface area contributed by atoms with Crippen molar-refractivity contribution in [2.75, 3.05) is 0 Å². The summed E-state index contributed by atoms with van der Waals surface area (Å²) in [7, 11) is 0. The summed E-state index contributed by atoms with van der Waals surface area (Å²) in [5.41, 5.74) is 4.87. The van der Waals surface area contributed by atoms with Gasteiger partial charge in [-0.3, -0.25) is 0 Å². The van der Waals surface area contributed by atoms with E-state index >= 15 is 0 Å². The summed E-state index contributed by atoms with van der Waals surface area (Å²) in [6.07, 6.45) is 0. The molecule has 1 unspecified atom stereocenters. The molecule has 0 spiro atoms. The number of rotatable bonds is 2. The molecular formula is C9H9Cl2F2N. The quantitative estimate of drug-likeness (QED) is 0.841. The molecule has 5 heteroatoms. The molecule has 0 amide bonds. The van der Waals surface area contributed by atoms with Crippen LogP contribution in [0, 0.1) is 0 Å². The number of hydrogen-bond acceptors (Lipinski definition) is 1. The van der Waals surface area contributed by atoms with Gasteiger partial charge in [0.05, 0.1) is 11.1 Å². The molecule has 1 nitrogen and oxygen atoms in total. The van der Waals surface area contributed by atoms with Gasteiger partial charge in [0.2, 0.25) is 0 Å². The molecule has 0 bridgehead atoms. The lowest BCUT2D eigenvalue weighted by molar-refractivity contribution is -0.0255. The lowest BCUT2D eigenvalue weighted by Crippen LogP contribution is -2.36. The third-order valence-corrected chi connectivity index (χ3v) is 2.41. The van der Waals surface area contributed by atoms with Crippen LogP contribution in [0.1, 0.15) is 12.5 Å². The van der Waals surface area contributed by atoms with Crippen LogP contribution in [0.4, 0.5) is 8.78 Å². The van der Waals surface area contributed by atoms with Gasteiger partial charge in [0.1, 0.15) is 0 Å². The Morgan fingerprint density at radius 2 is 1.93 bits per heavy atom. The summed E-state index contributed by atoms with van der Waals surface area (Å²) in [4.78, 5) is 0. The Kier molecular flexibility index (Phi) is 3.35. The molecular weight excluding hydrogens is 231 g/mol. The molecule has 1 atom stereocenters. The van der Waals surface area contributed by atoms with Gasteiger partial charge in [0.15, 0.2) is 0 Å². The number of alkyl halides is 2. The van der Waals surface area contributed by atoms with Crippen molar-refractivity contribution in [3.8, 4) is 0 Å². The molecule has 1 aromatic rings. The van der Waals surface area contributed by atoms with Crippen LogP contribution in [0.15, 0.2) is 18.2 Å². The van der Waals surface area contributed by atoms with E-state index in [9.17, 15) is 8.78 Å². The fourth-order valence-corrected chi connectivity index (χ4v) is 1.54. The standard InChI is InChI=1S/C9H9Cl2F2N/c1-5(14)9(12,13)7-3-2-6(10)4-8(7)11/h2-5H,14H2,1H3. The zero-order valence-electron chi connectivity index (χ0n) is 7.40. The fraction of sp³-hybridized carbons (Fsp3) is 0.333. The van der Waals surface area contributed by atoms with Crippen LogP contribution in [-0.2, 0) is 5.92 Å². The Bertz CT molecular complexity index is 340. The highest BCUT2D eigenvalue weighted by molar-refractivity contribution is 6.35. The Balaban J connectivity index is 3.19. The maximum absolute atomic E-state index is 13.4. The summed E-state index contributed by atoms with van der Waals surface area (Å²) < 4.78 is 26.8. The van der Waals surface area contributed by atoms with Crippen LogP contribution in [0.2, 0.25) is 10.0 Å². The third kappa shape index (κ3) is 2.16. The fourth-order valence-electron chi connectivity index (χ4n) is 1.01. The average molecular weight is 240 g/mol. The topological polar surface area (TPSA) is 26.0 Å². The molecule has 1 rings (SSSR count). The molecule has 14 heavy (non-hydrogen) atoms. The van der Waals surface area contributed by atoms with Crippen LogP contribution in [0.25, 0.3) is 0 Å². The van der Waals surface area contributed by atoms with Crippen LogP contribution >= 0.6 is 23.2 Å². The highest BCUT2D eigenvalue weighted by atomic mass is 35.5. The number of halogens is 4. The van der Waals surface area contributed by atoms with Crippen LogP contribution in [-0.4, -0.2) is 6.04 Å². The first-order valence-electron chi connectivity index (χ1n) is 3.94. The Morgan fingerprint density at radius 3 is 2.36 bits per heavy atom. The SMILES string of the molecule is CC(N)C(F)(F)c1ccc(Cl)cc1Cl. The molecule has 1 aromatic carbocycles. The minimum Gasteiger partial charge on any atom is -0.323 e. The first kappa shape index (κ1) is 11.7. The summed E-state index contributed by atoms with van der Waals surface area (Å²) >= 11 is 11.2. The molecule has 2 N–H and O–H groups in total. The highest BCUT2D eigenvalue weighted by Gasteiger charge is 2.37. The summed E-state index contributed by atoms with van der Waals surface area (Å²) in [5, 5.41) is 0.249. The second-order valence-electron chi connectivity index (χ2n) is 3.04. The zero-order chi connectivity index (χ0) is 10.9. The van der Waals surface area contributed by atoms with Crippen molar-refractivity contribution in [2.45, 2.75) is 18.9 Å². The molecule has 78 valence electrons. The van der Waals surface area contributed by atoms with Crippen LogP contribution in [0.5, 0.6) is 0 Å². The van der Waals surface area contributed by atoms with E-state index in [1.807, 2.05) is 0 Å². The van der Waals surface area contributed by atoms with Crippen molar-refractivity contribution in [2.24, 2.45) is 5.73 Å². The van der Waals surface area contributed by atoms with Crippen molar-refractivity contribution in [3.05, 3.63) is 33.8 Å². The normalized spacial score (nSPS) is 14.1. The minimum atomic E-state index is -3.14. The summed E-state index contributed by atoms with van der Waals surface area (Å²) in [6.45, 7) is 1.23. The van der Waals surface area contributed by atoms with Gasteiger partial charge in [-0.1, -0.05) is 29.3 Å². The molecule has 0 aromatic heterocycles. The Labute approximate surface area is 90.8 Å². The van der Waals surface area contributed by atoms with Gasteiger partial charge < -0.3 is 5.73 Å². The predicted octanol–water partition coefficient (Wildman–Crippen LogP) is 3.43. The lowest BCUT2D eigenvalue weighted by Gasteiger charge is -2.21. The van der Waals surface area contributed by atoms with Gasteiger partial charge >= 0.3 is 0 Å². The van der Waals surface area contributed by atoms with Crippen molar-refractivity contribution in [1.82, 2.24) is 0 Å². The van der Waals surface area contributed by atoms with Gasteiger partial charge in [0, 0.05) is 10.6 Å². The second kappa shape index (κ2) is 4.01. The Morgan fingerprint density at radius 1 is 1.36 bits per heavy atom. The smallest absolute Gasteiger partial charge is 0.289 e. The van der Waals surface area contributed by atoms with Gasteiger partial charge in [-0.2, -0.15) is 8.78 Å². The first-order valence-corrected chi connectivity index (χ1v) is 4.70. The molecule has 0 fully saturated rings. The van der Waals surface area contributed by atoms with Crippen molar-refractivity contribution < 1.29 is 8.78 Å². The molecule has 0 saturated heterocycles. The highest BCUT2D eigenvalue weighted by Crippen LogP contribution is 2.36. The minimum absolute atomic E-state index is 0.0696. The van der Waals surface area contributed by atoms with E-state index in [-0.39, 0.29) is 10.6 Å². The van der Waals surface area contributed by atoms with E-state index in [1.165, 1.54) is 25.1 Å². The molecule has 0 heterocycles. The van der Waals surface area contributed by atoms with E-state index in [0.29, 0.717) is 5.02 Å². The maximum atomic E-state index is 13.4. The van der Waals surface area contributed by atoms with Crippen LogP contribution in [0.3, 0.4) is 0 Å². The van der Waals surface area contributed by atoms with E-state index in [4.69, 9.17) is 28.9 Å². The number of hydrogen-bond donors (Lipinski definition) is 1. The van der Waals surface area contributed by atoms with E-state index in [2.05, 4.69) is 0 Å². The summed E-state index contributed by atoms with van der Waals surface area (Å²) in [5.74, 6) is -3.14. The number of nitrogens with two attached hydrogens (primary N) is 1. The second-order valence-corrected chi connectivity index (χ2v) is 3.88. The monoisotopic (exact) mass is 239 g/mol. The van der Waals surface area contributed by atoms with Crippen molar-refractivity contribution in [1.29, 1.82) is 0 Å². The molecule has 0 radical (unpaired) electrons. The molecule has 0 aliphatic rings. The average Bonchev–Trinajstić information content (AvgIpc) is 2.02. The van der Waals surface area contributed by atoms with Gasteiger partial charge in [-0.25, -0.2) is 0 Å². The van der Waals surface area contributed by atoms with Crippen molar-refractivity contribution in [3.63, 3.8) is 0 Å². The van der Waals surface area contributed by atoms with E-state index < -0.39 is 12.0 Å². The molecule has 0 aliphatic heterocycles. The zero-order valence-corrected chi connectivity index (χ0v) is 8.91. The predicted molar refractivity (Wildman–Crippen MR) is 54.0 cm³/mol. The van der Waals surface area contributed by atoms with Crippen LogP contribution < -0.4 is 5.73 Å². The molecule has 0 saturated carbocycles. The maximum Gasteiger partial charge on any atom is 0.289 e. The van der Waals surface area contributed by atoms with Crippen molar-refractivity contribution >= 4 is 23.2 Å². The van der Waals surface area contributed by atoms with Gasteiger partial charge in [-0.15, -0.1) is 0 Å². The first-order chi connectivity index (χ1) is 6.35. The van der Waals surface area contributed by atoms with Gasteiger partial charge in [-0.05, 0) is 19.1 Å². The Hall–Kier alpha value is -0.380.